The molecule has 1 amide bonds. The summed E-state index contributed by atoms with van der Waals surface area (Å²) in [5, 5.41) is 3.61. The molecule has 7 nitrogen and oxygen atoms in total. The number of benzene rings is 2. The molecular weight excluding hydrogens is 382 g/mol. The summed E-state index contributed by atoms with van der Waals surface area (Å²) in [4.78, 5) is 21.9. The number of aryl methyl sites for hydroxylation is 1. The van der Waals surface area contributed by atoms with Gasteiger partial charge in [0.15, 0.2) is 11.5 Å². The fraction of sp³-hybridized carbons (Fsp3) is 0.0870. The van der Waals surface area contributed by atoms with E-state index in [1.54, 1.807) is 30.3 Å². The molecule has 5 rings (SSSR count). The summed E-state index contributed by atoms with van der Waals surface area (Å²) in [6, 6.07) is 20.0. The van der Waals surface area contributed by atoms with Gasteiger partial charge in [0, 0.05) is 17.1 Å². The van der Waals surface area contributed by atoms with Crippen molar-refractivity contribution in [3.05, 3.63) is 83.5 Å². The van der Waals surface area contributed by atoms with E-state index in [2.05, 4.69) is 15.3 Å². The summed E-state index contributed by atoms with van der Waals surface area (Å²) in [7, 11) is 0. The molecule has 1 aliphatic heterocycles. The van der Waals surface area contributed by atoms with Gasteiger partial charge in [-0.25, -0.2) is 9.98 Å². The third-order valence-corrected chi connectivity index (χ3v) is 4.62. The van der Waals surface area contributed by atoms with Gasteiger partial charge < -0.3 is 19.2 Å². The number of carbonyl (C=O) groups excluding carboxylic acids is 1. The number of hydrogen-bond donors (Lipinski definition) is 1. The Morgan fingerprint density at radius 2 is 1.87 bits per heavy atom. The molecule has 4 aromatic rings. The van der Waals surface area contributed by atoms with E-state index in [0.29, 0.717) is 34.2 Å². The lowest BCUT2D eigenvalue weighted by molar-refractivity contribution is 0.102. The normalized spacial score (nSPS) is 12.9. The first kappa shape index (κ1) is 17.9. The largest absolute Gasteiger partial charge is 0.454 e. The zero-order chi connectivity index (χ0) is 20.5. The van der Waals surface area contributed by atoms with Gasteiger partial charge >= 0.3 is 0 Å². The number of para-hydroxylation sites is 1. The molecule has 0 bridgehead atoms. The number of hydrogen-bond acceptors (Lipinski definition) is 6. The van der Waals surface area contributed by atoms with Gasteiger partial charge in [-0.05, 0) is 43.3 Å². The minimum absolute atomic E-state index is 0.177. The molecule has 0 saturated heterocycles. The molecule has 0 spiro atoms. The Hall–Kier alpha value is -4.13. The number of carbonyl (C=O) groups is 1. The number of amides is 1. The van der Waals surface area contributed by atoms with Crippen molar-refractivity contribution in [1.29, 1.82) is 0 Å². The first-order chi connectivity index (χ1) is 14.7. The highest BCUT2D eigenvalue weighted by atomic mass is 16.7. The maximum Gasteiger partial charge on any atom is 0.262 e. The molecular formula is C23H17N3O4. The topological polar surface area (TPSA) is 86.0 Å². The van der Waals surface area contributed by atoms with E-state index in [9.17, 15) is 4.79 Å². The molecule has 0 saturated carbocycles. The Labute approximate surface area is 171 Å². The molecule has 148 valence electrons. The van der Waals surface area contributed by atoms with Crippen LogP contribution in [0.4, 0.5) is 11.5 Å². The molecule has 7 heteroatoms. The van der Waals surface area contributed by atoms with Crippen LogP contribution in [0.15, 0.2) is 76.1 Å². The van der Waals surface area contributed by atoms with Gasteiger partial charge in [-0.15, -0.1) is 0 Å². The standard InChI is InChI=1S/C23H17N3O4/c1-14-5-4-8-21(24-14)26-22(27)17-11-15-6-2-3-7-18(15)30-23(17)25-16-9-10-19-20(12-16)29-13-28-19/h2-12H,13H2,1H3,(H,24,26,27). The van der Waals surface area contributed by atoms with Crippen LogP contribution >= 0.6 is 0 Å². The second-order valence-corrected chi connectivity index (χ2v) is 6.77. The number of ether oxygens (including phenoxy) is 2. The summed E-state index contributed by atoms with van der Waals surface area (Å²) in [5.74, 6) is 1.36. The van der Waals surface area contributed by atoms with Crippen LogP contribution in [0.2, 0.25) is 0 Å². The van der Waals surface area contributed by atoms with E-state index in [1.165, 1.54) is 0 Å². The smallest absolute Gasteiger partial charge is 0.262 e. The maximum absolute atomic E-state index is 13.1. The molecule has 0 unspecified atom stereocenters. The van der Waals surface area contributed by atoms with Gasteiger partial charge in [-0.2, -0.15) is 0 Å². The van der Waals surface area contributed by atoms with Gasteiger partial charge in [-0.3, -0.25) is 4.79 Å². The Morgan fingerprint density at radius 1 is 1.00 bits per heavy atom. The highest BCUT2D eigenvalue weighted by Gasteiger charge is 2.16. The van der Waals surface area contributed by atoms with E-state index in [0.717, 1.165) is 11.1 Å². The molecule has 2 aromatic carbocycles. The number of nitrogens with zero attached hydrogens (tertiary/aromatic N) is 2. The third-order valence-electron chi connectivity index (χ3n) is 4.62. The number of rotatable bonds is 3. The lowest BCUT2D eigenvalue weighted by Gasteiger charge is -2.07. The van der Waals surface area contributed by atoms with Crippen molar-refractivity contribution in [2.75, 3.05) is 12.1 Å². The zero-order valence-electron chi connectivity index (χ0n) is 16.1. The number of nitrogens with one attached hydrogen (secondary N) is 1. The summed E-state index contributed by atoms with van der Waals surface area (Å²) < 4.78 is 16.7. The number of pyridine rings is 1. The fourth-order valence-electron chi connectivity index (χ4n) is 3.18. The van der Waals surface area contributed by atoms with Crippen LogP contribution in [0.25, 0.3) is 11.0 Å². The Morgan fingerprint density at radius 3 is 2.77 bits per heavy atom. The third kappa shape index (κ3) is 3.48. The predicted octanol–water partition coefficient (Wildman–Crippen LogP) is 4.35. The average Bonchev–Trinajstić information content (AvgIpc) is 3.21. The molecule has 3 heterocycles. The molecule has 2 aromatic heterocycles. The highest BCUT2D eigenvalue weighted by molar-refractivity contribution is 6.04. The fourth-order valence-corrected chi connectivity index (χ4v) is 3.18. The van der Waals surface area contributed by atoms with E-state index >= 15 is 0 Å². The molecule has 0 fully saturated rings. The molecule has 1 N–H and O–H groups in total. The Balaban J connectivity index is 1.62. The van der Waals surface area contributed by atoms with Crippen molar-refractivity contribution in [2.24, 2.45) is 4.99 Å². The Kier molecular flexibility index (Phi) is 4.40. The predicted molar refractivity (Wildman–Crippen MR) is 111 cm³/mol. The van der Waals surface area contributed by atoms with Crippen molar-refractivity contribution >= 4 is 28.4 Å². The lowest BCUT2D eigenvalue weighted by atomic mass is 10.1. The second kappa shape index (κ2) is 7.36. The number of aromatic nitrogens is 1. The molecule has 0 aliphatic carbocycles. The molecule has 30 heavy (non-hydrogen) atoms. The minimum Gasteiger partial charge on any atom is -0.454 e. The average molecular weight is 399 g/mol. The van der Waals surface area contributed by atoms with Crippen LogP contribution < -0.4 is 20.3 Å². The van der Waals surface area contributed by atoms with Gasteiger partial charge in [0.05, 0.1) is 5.69 Å². The van der Waals surface area contributed by atoms with Gasteiger partial charge in [0.1, 0.15) is 17.0 Å². The van der Waals surface area contributed by atoms with Crippen molar-refractivity contribution in [1.82, 2.24) is 4.98 Å². The van der Waals surface area contributed by atoms with Gasteiger partial charge in [0.25, 0.3) is 5.91 Å². The first-order valence-corrected chi connectivity index (χ1v) is 9.38. The second-order valence-electron chi connectivity index (χ2n) is 6.77. The van der Waals surface area contributed by atoms with Crippen LogP contribution in [0.1, 0.15) is 16.1 Å². The summed E-state index contributed by atoms with van der Waals surface area (Å²) in [5.41, 5.74) is 2.51. The zero-order valence-corrected chi connectivity index (χ0v) is 16.1. The SMILES string of the molecule is Cc1cccc(NC(=O)c2cc3ccccc3oc2=Nc2ccc3c(c2)OCO3)n1. The monoisotopic (exact) mass is 399 g/mol. The molecule has 0 radical (unpaired) electrons. The highest BCUT2D eigenvalue weighted by Crippen LogP contribution is 2.35. The van der Waals surface area contributed by atoms with Crippen molar-refractivity contribution < 1.29 is 18.7 Å². The molecule has 1 aliphatic rings. The maximum atomic E-state index is 13.1. The number of fused-ring (bicyclic) bond motifs is 2. The van der Waals surface area contributed by atoms with Gasteiger partial charge in [0.2, 0.25) is 12.3 Å². The van der Waals surface area contributed by atoms with E-state index in [-0.39, 0.29) is 18.3 Å². The van der Waals surface area contributed by atoms with Crippen molar-refractivity contribution in [2.45, 2.75) is 6.92 Å². The van der Waals surface area contributed by atoms with E-state index in [4.69, 9.17) is 13.9 Å². The van der Waals surface area contributed by atoms with Crippen LogP contribution in [-0.2, 0) is 0 Å². The van der Waals surface area contributed by atoms with E-state index < -0.39 is 0 Å². The quantitative estimate of drug-likeness (QED) is 0.554. The summed E-state index contributed by atoms with van der Waals surface area (Å²) in [6.45, 7) is 2.04. The van der Waals surface area contributed by atoms with Crippen LogP contribution in [-0.4, -0.2) is 17.7 Å². The van der Waals surface area contributed by atoms with Crippen LogP contribution in [0.3, 0.4) is 0 Å². The van der Waals surface area contributed by atoms with Crippen molar-refractivity contribution in [3.8, 4) is 11.5 Å². The van der Waals surface area contributed by atoms with Crippen LogP contribution in [0, 0.1) is 6.92 Å². The Bertz CT molecular complexity index is 1340. The summed E-state index contributed by atoms with van der Waals surface area (Å²) >= 11 is 0. The summed E-state index contributed by atoms with van der Waals surface area (Å²) in [6.07, 6.45) is 0. The lowest BCUT2D eigenvalue weighted by Crippen LogP contribution is -2.22. The van der Waals surface area contributed by atoms with Crippen LogP contribution in [0.5, 0.6) is 11.5 Å². The van der Waals surface area contributed by atoms with Gasteiger partial charge in [-0.1, -0.05) is 24.3 Å². The minimum atomic E-state index is -0.359. The number of anilines is 1. The van der Waals surface area contributed by atoms with Crippen molar-refractivity contribution in [3.63, 3.8) is 0 Å². The first-order valence-electron chi connectivity index (χ1n) is 9.38. The molecule has 0 atom stereocenters. The van der Waals surface area contributed by atoms with E-state index in [1.807, 2.05) is 43.3 Å².